The summed E-state index contributed by atoms with van der Waals surface area (Å²) in [7, 11) is 0. The Morgan fingerprint density at radius 2 is 1.89 bits per heavy atom. The minimum atomic E-state index is -1.74. The van der Waals surface area contributed by atoms with Crippen LogP contribution in [-0.4, -0.2) is 22.2 Å². The van der Waals surface area contributed by atoms with Crippen LogP contribution in [0.1, 0.15) is 51.2 Å². The van der Waals surface area contributed by atoms with Crippen molar-refractivity contribution < 1.29 is 9.53 Å². The lowest BCUT2D eigenvalue weighted by Crippen LogP contribution is -2.50. The third-order valence-corrected chi connectivity index (χ3v) is 6.15. The number of hydrogen-bond acceptors (Lipinski definition) is 3. The van der Waals surface area contributed by atoms with Crippen molar-refractivity contribution in [3.63, 3.8) is 0 Å². The van der Waals surface area contributed by atoms with Gasteiger partial charge in [0, 0.05) is 5.69 Å². The average molecular weight is 450 g/mol. The van der Waals surface area contributed by atoms with E-state index < -0.39 is 16.1 Å². The molecule has 1 amide bonds. The van der Waals surface area contributed by atoms with Crippen molar-refractivity contribution in [3.05, 3.63) is 29.3 Å². The van der Waals surface area contributed by atoms with E-state index in [4.69, 9.17) is 39.5 Å². The number of hydrogen-bond donors (Lipinski definition) is 2. The van der Waals surface area contributed by atoms with Gasteiger partial charge in [0.05, 0.1) is 0 Å². The molecular weight excluding hydrogens is 419 g/mol. The summed E-state index contributed by atoms with van der Waals surface area (Å²) in [6.45, 7) is 10.5. The van der Waals surface area contributed by atoms with Crippen LogP contribution in [0, 0.1) is 31.6 Å². The van der Waals surface area contributed by atoms with Crippen LogP contribution in [0.4, 0.5) is 10.5 Å². The van der Waals surface area contributed by atoms with Gasteiger partial charge in [-0.3, -0.25) is 5.32 Å². The van der Waals surface area contributed by atoms with E-state index in [1.807, 2.05) is 32.0 Å². The fourth-order valence-electron chi connectivity index (χ4n) is 3.87. The minimum Gasteiger partial charge on any atom is -0.446 e. The highest BCUT2D eigenvalue weighted by atomic mass is 35.6. The Balaban J connectivity index is 2.08. The monoisotopic (exact) mass is 448 g/mol. The van der Waals surface area contributed by atoms with E-state index in [0.29, 0.717) is 17.8 Å². The highest BCUT2D eigenvalue weighted by Crippen LogP contribution is 2.36. The van der Waals surface area contributed by atoms with Crippen LogP contribution in [0.5, 0.6) is 0 Å². The smallest absolute Gasteiger partial charge is 0.409 e. The third kappa shape index (κ3) is 6.60. The van der Waals surface area contributed by atoms with Crippen LogP contribution in [0.15, 0.2) is 18.2 Å². The zero-order valence-corrected chi connectivity index (χ0v) is 19.5. The second kappa shape index (κ2) is 9.77. The van der Waals surface area contributed by atoms with Crippen molar-refractivity contribution in [2.75, 3.05) is 5.32 Å². The molecule has 2 rings (SSSR count). The van der Waals surface area contributed by atoms with Gasteiger partial charge in [-0.2, -0.15) is 0 Å². The number of benzene rings is 1. The second-order valence-corrected chi connectivity index (χ2v) is 10.7. The molecule has 0 radical (unpaired) electrons. The van der Waals surface area contributed by atoms with Crippen LogP contribution in [0.3, 0.4) is 0 Å². The normalized spacial score (nSPS) is 24.0. The van der Waals surface area contributed by atoms with E-state index in [9.17, 15) is 4.79 Å². The maximum atomic E-state index is 12.6. The van der Waals surface area contributed by atoms with Crippen LogP contribution in [-0.2, 0) is 4.74 Å². The first kappa shape index (κ1) is 23.4. The van der Waals surface area contributed by atoms with Gasteiger partial charge in [0.15, 0.2) is 0 Å². The number of rotatable bonds is 5. The highest BCUT2D eigenvalue weighted by molar-refractivity contribution is 6.68. The Hall–Kier alpha value is -0.840. The number of halogens is 3. The summed E-state index contributed by atoms with van der Waals surface area (Å²) in [4.78, 5) is 12.6. The van der Waals surface area contributed by atoms with Crippen molar-refractivity contribution in [3.8, 4) is 0 Å². The molecule has 1 fully saturated rings. The van der Waals surface area contributed by atoms with Crippen LogP contribution >= 0.6 is 34.8 Å². The van der Waals surface area contributed by atoms with E-state index in [0.717, 1.165) is 36.1 Å². The average Bonchev–Trinajstić information content (AvgIpc) is 2.55. The number of alkyl halides is 3. The van der Waals surface area contributed by atoms with Gasteiger partial charge in [0.2, 0.25) is 3.79 Å². The van der Waals surface area contributed by atoms with Gasteiger partial charge in [-0.25, -0.2) is 4.79 Å². The number of carbonyl (C=O) groups is 1. The van der Waals surface area contributed by atoms with E-state index in [-0.39, 0.29) is 6.10 Å². The zero-order chi connectivity index (χ0) is 21.1. The first-order valence-corrected chi connectivity index (χ1v) is 11.0. The number of anilines is 1. The molecule has 4 atom stereocenters. The lowest BCUT2D eigenvalue weighted by atomic mass is 9.75. The summed E-state index contributed by atoms with van der Waals surface area (Å²) in [5.74, 6) is 1.33. The molecule has 1 aromatic carbocycles. The Morgan fingerprint density at radius 1 is 1.21 bits per heavy atom. The predicted molar refractivity (Wildman–Crippen MR) is 118 cm³/mol. The summed E-state index contributed by atoms with van der Waals surface area (Å²) in [6.07, 6.45) is 1.46. The number of nitrogens with one attached hydrogen (secondary N) is 2. The van der Waals surface area contributed by atoms with Crippen molar-refractivity contribution in [2.45, 2.75) is 69.9 Å². The molecule has 1 aromatic rings. The molecule has 0 bridgehead atoms. The molecule has 1 saturated carbocycles. The molecule has 0 aromatic heterocycles. The molecular formula is C21H31Cl3N2O2. The van der Waals surface area contributed by atoms with E-state index in [2.05, 4.69) is 31.4 Å². The fraction of sp³-hybridized carbons (Fsp3) is 0.667. The predicted octanol–water partition coefficient (Wildman–Crippen LogP) is 6.60. The number of aryl methyl sites for hydroxylation is 2. The SMILES string of the molecule is Cc1ccc(N[C@H](NC(=O)O[C@@H]2C[C@@H](C)CC[C@@H]2C(C)C)C(Cl)(Cl)Cl)c(C)c1. The topological polar surface area (TPSA) is 50.4 Å². The van der Waals surface area contributed by atoms with E-state index >= 15 is 0 Å². The van der Waals surface area contributed by atoms with Gasteiger partial charge in [-0.05, 0) is 56.1 Å². The van der Waals surface area contributed by atoms with Gasteiger partial charge in [-0.15, -0.1) is 0 Å². The van der Waals surface area contributed by atoms with Crippen LogP contribution in [0.25, 0.3) is 0 Å². The lowest BCUT2D eigenvalue weighted by Gasteiger charge is -2.37. The zero-order valence-electron chi connectivity index (χ0n) is 17.2. The summed E-state index contributed by atoms with van der Waals surface area (Å²) in [6, 6.07) is 5.88. The number of carbonyl (C=O) groups excluding carboxylic acids is 1. The summed E-state index contributed by atoms with van der Waals surface area (Å²) >= 11 is 18.4. The van der Waals surface area contributed by atoms with Crippen LogP contribution < -0.4 is 10.6 Å². The largest absolute Gasteiger partial charge is 0.446 e. The molecule has 0 unspecified atom stereocenters. The van der Waals surface area contributed by atoms with Crippen molar-refractivity contribution in [1.82, 2.24) is 5.32 Å². The molecule has 0 spiro atoms. The Morgan fingerprint density at radius 3 is 2.46 bits per heavy atom. The quantitative estimate of drug-likeness (QED) is 0.393. The molecule has 7 heteroatoms. The van der Waals surface area contributed by atoms with Gasteiger partial charge in [-0.1, -0.05) is 79.7 Å². The number of amides is 1. The molecule has 2 N–H and O–H groups in total. The molecule has 0 heterocycles. The molecule has 1 aliphatic carbocycles. The first-order valence-electron chi connectivity index (χ1n) is 9.85. The highest BCUT2D eigenvalue weighted by Gasteiger charge is 2.37. The fourth-order valence-corrected chi connectivity index (χ4v) is 4.20. The minimum absolute atomic E-state index is 0.124. The standard InChI is InChI=1S/C21H31Cl3N2O2/c1-12(2)16-8-6-14(4)11-18(16)28-20(27)26-19(21(22,23)24)25-17-9-7-13(3)10-15(17)5/h7,9-10,12,14,16,18-19,25H,6,8,11H2,1-5H3,(H,26,27)/t14-,16+,18+,19+/m0/s1. The van der Waals surface area contributed by atoms with Gasteiger partial charge >= 0.3 is 6.09 Å². The van der Waals surface area contributed by atoms with Crippen molar-refractivity contribution >= 4 is 46.6 Å². The Bertz CT molecular complexity index is 676. The molecule has 28 heavy (non-hydrogen) atoms. The molecule has 0 saturated heterocycles. The number of alkyl carbamates (subject to hydrolysis) is 1. The summed E-state index contributed by atoms with van der Waals surface area (Å²) < 4.78 is 4.04. The Kier molecular flexibility index (Phi) is 8.18. The molecule has 158 valence electrons. The second-order valence-electron chi connectivity index (χ2n) is 8.35. The van der Waals surface area contributed by atoms with Crippen molar-refractivity contribution in [1.29, 1.82) is 0 Å². The van der Waals surface area contributed by atoms with Gasteiger partial charge in [0.25, 0.3) is 0 Å². The Labute approximate surface area is 183 Å². The molecule has 1 aliphatic rings. The molecule has 4 nitrogen and oxygen atoms in total. The molecule has 0 aliphatic heterocycles. The van der Waals surface area contributed by atoms with E-state index in [1.165, 1.54) is 0 Å². The maximum Gasteiger partial charge on any atom is 0.409 e. The van der Waals surface area contributed by atoms with Crippen LogP contribution in [0.2, 0.25) is 0 Å². The van der Waals surface area contributed by atoms with Gasteiger partial charge < -0.3 is 10.1 Å². The van der Waals surface area contributed by atoms with Gasteiger partial charge in [0.1, 0.15) is 12.3 Å². The van der Waals surface area contributed by atoms with Crippen molar-refractivity contribution in [2.24, 2.45) is 17.8 Å². The number of ether oxygens (including phenoxy) is 1. The summed E-state index contributed by atoms with van der Waals surface area (Å²) in [5.41, 5.74) is 2.91. The maximum absolute atomic E-state index is 12.6. The van der Waals surface area contributed by atoms with E-state index in [1.54, 1.807) is 0 Å². The summed E-state index contributed by atoms with van der Waals surface area (Å²) in [5, 5.41) is 5.82. The lowest BCUT2D eigenvalue weighted by molar-refractivity contribution is 0.00534. The third-order valence-electron chi connectivity index (χ3n) is 5.49. The first-order chi connectivity index (χ1) is 13.0.